The highest BCUT2D eigenvalue weighted by Gasteiger charge is 2.06. The third kappa shape index (κ3) is 1.72. The van der Waals surface area contributed by atoms with E-state index in [9.17, 15) is 0 Å². The zero-order valence-electron chi connectivity index (χ0n) is 10.1. The molecule has 0 aliphatic carbocycles. The van der Waals surface area contributed by atoms with E-state index in [1.165, 1.54) is 20.2 Å². The summed E-state index contributed by atoms with van der Waals surface area (Å²) in [7, 11) is 0. The minimum Gasteiger partial charge on any atom is -0.265 e. The third-order valence-corrected chi connectivity index (χ3v) is 4.43. The molecule has 0 amide bonds. The van der Waals surface area contributed by atoms with E-state index >= 15 is 0 Å². The molecule has 1 radical (unpaired) electrons. The van der Waals surface area contributed by atoms with Crippen molar-refractivity contribution < 1.29 is 0 Å². The van der Waals surface area contributed by atoms with Gasteiger partial charge >= 0.3 is 0 Å². The van der Waals surface area contributed by atoms with Crippen molar-refractivity contribution in [2.75, 3.05) is 0 Å². The molecule has 0 N–H and O–H groups in total. The molecule has 2 heteroatoms. The van der Waals surface area contributed by atoms with E-state index in [4.69, 9.17) is 0 Å². The molecule has 0 saturated carbocycles. The standard InChI is InChI=1S/C17H10NS/c1-2-4-16-14(3-1)15-6-5-13(11-17(15)19-16)12-7-9-18-10-8-12/h1-4,6-11H. The Morgan fingerprint density at radius 1 is 0.895 bits per heavy atom. The van der Waals surface area contributed by atoms with Crippen LogP contribution in [0, 0.1) is 6.07 Å². The molecule has 0 atom stereocenters. The van der Waals surface area contributed by atoms with Crippen molar-refractivity contribution in [3.63, 3.8) is 0 Å². The van der Waals surface area contributed by atoms with Crippen LogP contribution in [0.2, 0.25) is 0 Å². The van der Waals surface area contributed by atoms with Crippen molar-refractivity contribution in [1.82, 2.24) is 4.98 Å². The Morgan fingerprint density at radius 3 is 2.63 bits per heavy atom. The van der Waals surface area contributed by atoms with Crippen molar-refractivity contribution in [2.45, 2.75) is 0 Å². The first-order valence-electron chi connectivity index (χ1n) is 6.15. The second-order valence-corrected chi connectivity index (χ2v) is 5.54. The number of aromatic nitrogens is 1. The molecule has 0 saturated heterocycles. The molecule has 2 aromatic heterocycles. The lowest BCUT2D eigenvalue weighted by atomic mass is 10.0. The van der Waals surface area contributed by atoms with Gasteiger partial charge in [-0.1, -0.05) is 18.2 Å². The minimum atomic E-state index is 1.13. The maximum absolute atomic E-state index is 4.06. The Morgan fingerprint density at radius 2 is 1.74 bits per heavy atom. The maximum Gasteiger partial charge on any atom is 0.0362 e. The molecule has 0 unspecified atom stereocenters. The molecule has 0 fully saturated rings. The normalized spacial score (nSPS) is 11.2. The summed E-state index contributed by atoms with van der Waals surface area (Å²) < 4.78 is 2.64. The molecule has 2 heterocycles. The van der Waals surface area contributed by atoms with E-state index < -0.39 is 0 Å². The summed E-state index contributed by atoms with van der Waals surface area (Å²) >= 11 is 1.83. The van der Waals surface area contributed by atoms with E-state index in [2.05, 4.69) is 47.4 Å². The number of pyridine rings is 1. The van der Waals surface area contributed by atoms with Gasteiger partial charge in [0.2, 0.25) is 0 Å². The van der Waals surface area contributed by atoms with Gasteiger partial charge in [-0.25, -0.2) is 0 Å². The van der Waals surface area contributed by atoms with Crippen molar-refractivity contribution in [3.8, 4) is 11.1 Å². The molecule has 0 spiro atoms. The smallest absolute Gasteiger partial charge is 0.0362 e. The monoisotopic (exact) mass is 260 g/mol. The summed E-state index contributed by atoms with van der Waals surface area (Å²) in [6.07, 6.45) is 3.64. The molecule has 4 rings (SSSR count). The van der Waals surface area contributed by atoms with Gasteiger partial charge in [-0.05, 0) is 47.5 Å². The largest absolute Gasteiger partial charge is 0.265 e. The Balaban J connectivity index is 1.99. The SMILES string of the molecule is [c]1cc2c(cc1-c1ccncc1)sc1ccccc12. The van der Waals surface area contributed by atoms with E-state index in [1.807, 2.05) is 35.9 Å². The highest BCUT2D eigenvalue weighted by molar-refractivity contribution is 7.25. The summed E-state index contributed by atoms with van der Waals surface area (Å²) in [6, 6.07) is 20.3. The van der Waals surface area contributed by atoms with Gasteiger partial charge in [0.25, 0.3) is 0 Å². The van der Waals surface area contributed by atoms with Gasteiger partial charge in [0.15, 0.2) is 0 Å². The van der Waals surface area contributed by atoms with Crippen LogP contribution < -0.4 is 0 Å². The van der Waals surface area contributed by atoms with Crippen molar-refractivity contribution >= 4 is 31.5 Å². The van der Waals surface area contributed by atoms with Gasteiger partial charge in [0, 0.05) is 32.6 Å². The number of benzene rings is 2. The number of rotatable bonds is 1. The first-order chi connectivity index (χ1) is 9.42. The summed E-state index contributed by atoms with van der Waals surface area (Å²) in [5.41, 5.74) is 2.29. The van der Waals surface area contributed by atoms with Gasteiger partial charge in [0.05, 0.1) is 0 Å². The van der Waals surface area contributed by atoms with Crippen LogP contribution in [0.25, 0.3) is 31.3 Å². The van der Waals surface area contributed by atoms with Crippen molar-refractivity contribution in [2.24, 2.45) is 0 Å². The first-order valence-corrected chi connectivity index (χ1v) is 6.97. The maximum atomic E-state index is 4.06. The highest BCUT2D eigenvalue weighted by atomic mass is 32.1. The summed E-state index contributed by atoms with van der Waals surface area (Å²) in [5.74, 6) is 0. The van der Waals surface area contributed by atoms with Crippen LogP contribution >= 0.6 is 11.3 Å². The van der Waals surface area contributed by atoms with Crippen LogP contribution in [-0.2, 0) is 0 Å². The van der Waals surface area contributed by atoms with Crippen LogP contribution in [0.15, 0.2) is 60.9 Å². The Labute approximate surface area is 115 Å². The van der Waals surface area contributed by atoms with Crippen LogP contribution in [0.1, 0.15) is 0 Å². The minimum absolute atomic E-state index is 1.13. The Kier molecular flexibility index (Phi) is 2.35. The molecule has 1 nitrogen and oxygen atoms in total. The predicted molar refractivity (Wildman–Crippen MR) is 81.4 cm³/mol. The molecular formula is C17H10NS. The zero-order chi connectivity index (χ0) is 12.7. The number of fused-ring (bicyclic) bond motifs is 3. The fourth-order valence-electron chi connectivity index (χ4n) is 2.36. The predicted octanol–water partition coefficient (Wildman–Crippen LogP) is 4.92. The third-order valence-electron chi connectivity index (χ3n) is 3.30. The number of hydrogen-bond donors (Lipinski definition) is 0. The first kappa shape index (κ1) is 10.7. The molecule has 4 aromatic rings. The number of nitrogens with zero attached hydrogens (tertiary/aromatic N) is 1. The quantitative estimate of drug-likeness (QED) is 0.473. The lowest BCUT2D eigenvalue weighted by molar-refractivity contribution is 1.33. The van der Waals surface area contributed by atoms with Crippen molar-refractivity contribution in [1.29, 1.82) is 0 Å². The van der Waals surface area contributed by atoms with E-state index in [1.54, 1.807) is 0 Å². The fraction of sp³-hybridized carbons (Fsp3) is 0. The van der Waals surface area contributed by atoms with E-state index in [-0.39, 0.29) is 0 Å². The van der Waals surface area contributed by atoms with Crippen LogP contribution in [0.3, 0.4) is 0 Å². The Hall–Kier alpha value is -2.19. The molecular weight excluding hydrogens is 250 g/mol. The number of hydrogen-bond acceptors (Lipinski definition) is 2. The van der Waals surface area contributed by atoms with Crippen LogP contribution in [-0.4, -0.2) is 4.98 Å². The lowest BCUT2D eigenvalue weighted by Crippen LogP contribution is -1.78. The molecule has 0 bridgehead atoms. The van der Waals surface area contributed by atoms with Crippen LogP contribution in [0.5, 0.6) is 0 Å². The zero-order valence-corrected chi connectivity index (χ0v) is 10.9. The van der Waals surface area contributed by atoms with Crippen LogP contribution in [0.4, 0.5) is 0 Å². The van der Waals surface area contributed by atoms with E-state index in [0.717, 1.165) is 11.1 Å². The van der Waals surface area contributed by atoms with Gasteiger partial charge in [-0.2, -0.15) is 0 Å². The lowest BCUT2D eigenvalue weighted by Gasteiger charge is -2.00. The molecule has 0 aliphatic rings. The average molecular weight is 260 g/mol. The number of thiophene rings is 1. The summed E-state index contributed by atoms with van der Waals surface area (Å²) in [4.78, 5) is 4.06. The molecule has 2 aromatic carbocycles. The molecule has 19 heavy (non-hydrogen) atoms. The van der Waals surface area contributed by atoms with E-state index in [0.29, 0.717) is 0 Å². The summed E-state index contributed by atoms with van der Waals surface area (Å²) in [5, 5.41) is 2.61. The van der Waals surface area contributed by atoms with Gasteiger partial charge in [-0.3, -0.25) is 4.98 Å². The molecule has 89 valence electrons. The van der Waals surface area contributed by atoms with Gasteiger partial charge in [-0.15, -0.1) is 11.3 Å². The van der Waals surface area contributed by atoms with Crippen molar-refractivity contribution in [3.05, 3.63) is 67.0 Å². The second kappa shape index (κ2) is 4.18. The van der Waals surface area contributed by atoms with Gasteiger partial charge < -0.3 is 0 Å². The second-order valence-electron chi connectivity index (χ2n) is 4.46. The highest BCUT2D eigenvalue weighted by Crippen LogP contribution is 2.35. The molecule has 0 aliphatic heterocycles. The summed E-state index contributed by atoms with van der Waals surface area (Å²) in [6.45, 7) is 0. The average Bonchev–Trinajstić information content (AvgIpc) is 2.86. The Bertz CT molecular complexity index is 862. The topological polar surface area (TPSA) is 12.9 Å². The van der Waals surface area contributed by atoms with Gasteiger partial charge in [0.1, 0.15) is 0 Å². The fourth-order valence-corrected chi connectivity index (χ4v) is 3.49.